The molecular formula is C10H16N2O2. The van der Waals surface area contributed by atoms with E-state index in [0.717, 1.165) is 31.8 Å². The molecule has 1 aliphatic rings. The lowest BCUT2D eigenvalue weighted by Crippen LogP contribution is -2.21. The van der Waals surface area contributed by atoms with Gasteiger partial charge in [-0.25, -0.2) is 5.90 Å². The van der Waals surface area contributed by atoms with E-state index in [1.54, 1.807) is 6.26 Å². The molecule has 0 radical (unpaired) electrons. The third-order valence-electron chi connectivity index (χ3n) is 2.66. The minimum Gasteiger partial charge on any atom is -0.468 e. The van der Waals surface area contributed by atoms with Crippen molar-refractivity contribution >= 4 is 0 Å². The SMILES string of the molecule is NOCC1CCN(Cc2ccco2)C1. The highest BCUT2D eigenvalue weighted by Crippen LogP contribution is 2.18. The third-order valence-corrected chi connectivity index (χ3v) is 2.66. The Balaban J connectivity index is 1.79. The van der Waals surface area contributed by atoms with Gasteiger partial charge in [-0.05, 0) is 31.0 Å². The molecule has 1 saturated heterocycles. The first-order valence-electron chi connectivity index (χ1n) is 4.95. The molecule has 0 bridgehead atoms. The number of hydrogen-bond acceptors (Lipinski definition) is 4. The van der Waals surface area contributed by atoms with E-state index in [-0.39, 0.29) is 0 Å². The maximum absolute atomic E-state index is 5.29. The minimum atomic E-state index is 0.579. The van der Waals surface area contributed by atoms with Crippen molar-refractivity contribution < 1.29 is 9.25 Å². The van der Waals surface area contributed by atoms with Crippen LogP contribution in [0, 0.1) is 5.92 Å². The molecule has 1 aromatic heterocycles. The fourth-order valence-electron chi connectivity index (χ4n) is 1.95. The lowest BCUT2D eigenvalue weighted by molar-refractivity contribution is 0.102. The van der Waals surface area contributed by atoms with Crippen LogP contribution in [0.2, 0.25) is 0 Å². The zero-order chi connectivity index (χ0) is 9.80. The Kier molecular flexibility index (Phi) is 3.18. The summed E-state index contributed by atoms with van der Waals surface area (Å²) in [5.74, 6) is 6.66. The van der Waals surface area contributed by atoms with Gasteiger partial charge in [0.05, 0.1) is 19.4 Å². The van der Waals surface area contributed by atoms with Gasteiger partial charge in [0.15, 0.2) is 0 Å². The summed E-state index contributed by atoms with van der Waals surface area (Å²) in [7, 11) is 0. The predicted molar refractivity (Wildman–Crippen MR) is 52.2 cm³/mol. The lowest BCUT2D eigenvalue weighted by atomic mass is 10.1. The number of furan rings is 1. The van der Waals surface area contributed by atoms with Crippen molar-refractivity contribution in [1.29, 1.82) is 0 Å². The molecule has 78 valence electrons. The highest BCUT2D eigenvalue weighted by molar-refractivity contribution is 4.98. The Labute approximate surface area is 83.6 Å². The third kappa shape index (κ3) is 2.35. The van der Waals surface area contributed by atoms with Crippen molar-refractivity contribution in [3.8, 4) is 0 Å². The van der Waals surface area contributed by atoms with Crippen LogP contribution in [0.5, 0.6) is 0 Å². The van der Waals surface area contributed by atoms with Gasteiger partial charge in [0.25, 0.3) is 0 Å². The Morgan fingerprint density at radius 2 is 2.57 bits per heavy atom. The lowest BCUT2D eigenvalue weighted by Gasteiger charge is -2.13. The number of nitrogens with zero attached hydrogens (tertiary/aromatic N) is 1. The summed E-state index contributed by atoms with van der Waals surface area (Å²) in [5, 5.41) is 0. The highest BCUT2D eigenvalue weighted by Gasteiger charge is 2.22. The molecule has 1 aliphatic heterocycles. The van der Waals surface area contributed by atoms with Crippen LogP contribution in [0.3, 0.4) is 0 Å². The van der Waals surface area contributed by atoms with E-state index in [9.17, 15) is 0 Å². The second kappa shape index (κ2) is 4.59. The van der Waals surface area contributed by atoms with Gasteiger partial charge in [0.2, 0.25) is 0 Å². The second-order valence-electron chi connectivity index (χ2n) is 3.80. The number of hydrogen-bond donors (Lipinski definition) is 1. The monoisotopic (exact) mass is 196 g/mol. The standard InChI is InChI=1S/C10H16N2O2/c11-14-8-9-3-4-12(6-9)7-10-2-1-5-13-10/h1-2,5,9H,3-4,6-8,11H2. The summed E-state index contributed by atoms with van der Waals surface area (Å²) >= 11 is 0. The fraction of sp³-hybridized carbons (Fsp3) is 0.600. The number of nitrogens with two attached hydrogens (primary N) is 1. The summed E-state index contributed by atoms with van der Waals surface area (Å²) in [4.78, 5) is 7.02. The zero-order valence-corrected chi connectivity index (χ0v) is 8.19. The van der Waals surface area contributed by atoms with E-state index in [1.165, 1.54) is 0 Å². The maximum atomic E-state index is 5.29. The van der Waals surface area contributed by atoms with Gasteiger partial charge >= 0.3 is 0 Å². The van der Waals surface area contributed by atoms with Crippen molar-refractivity contribution in [1.82, 2.24) is 4.90 Å². The van der Waals surface area contributed by atoms with Crippen molar-refractivity contribution in [2.45, 2.75) is 13.0 Å². The molecule has 0 aliphatic carbocycles. The molecule has 1 aromatic rings. The number of rotatable bonds is 4. The van der Waals surface area contributed by atoms with Crippen LogP contribution in [-0.4, -0.2) is 24.6 Å². The van der Waals surface area contributed by atoms with Crippen LogP contribution in [0.15, 0.2) is 22.8 Å². The quantitative estimate of drug-likeness (QED) is 0.730. The van der Waals surface area contributed by atoms with Crippen LogP contribution in [-0.2, 0) is 11.4 Å². The van der Waals surface area contributed by atoms with E-state index in [2.05, 4.69) is 9.74 Å². The number of likely N-dealkylation sites (tertiary alicyclic amines) is 1. The summed E-state index contributed by atoms with van der Waals surface area (Å²) in [6.45, 7) is 3.72. The maximum Gasteiger partial charge on any atom is 0.117 e. The molecule has 4 heteroatoms. The molecule has 0 saturated carbocycles. The smallest absolute Gasteiger partial charge is 0.117 e. The van der Waals surface area contributed by atoms with Crippen molar-refractivity contribution in [3.05, 3.63) is 24.2 Å². The molecule has 4 nitrogen and oxygen atoms in total. The first kappa shape index (κ1) is 9.71. The summed E-state index contributed by atoms with van der Waals surface area (Å²) in [6.07, 6.45) is 2.88. The van der Waals surface area contributed by atoms with Gasteiger partial charge in [-0.2, -0.15) is 0 Å². The molecule has 14 heavy (non-hydrogen) atoms. The van der Waals surface area contributed by atoms with E-state index in [4.69, 9.17) is 10.3 Å². The van der Waals surface area contributed by atoms with Crippen LogP contribution < -0.4 is 5.90 Å². The molecule has 2 heterocycles. The van der Waals surface area contributed by atoms with Gasteiger partial charge < -0.3 is 9.25 Å². The predicted octanol–water partition coefficient (Wildman–Crippen LogP) is 0.992. The Morgan fingerprint density at radius 3 is 3.29 bits per heavy atom. The minimum absolute atomic E-state index is 0.579. The van der Waals surface area contributed by atoms with E-state index >= 15 is 0 Å². The molecule has 0 aromatic carbocycles. The average molecular weight is 196 g/mol. The summed E-state index contributed by atoms with van der Waals surface area (Å²) in [6, 6.07) is 3.93. The second-order valence-corrected chi connectivity index (χ2v) is 3.80. The summed E-state index contributed by atoms with van der Waals surface area (Å²) < 4.78 is 5.29. The van der Waals surface area contributed by atoms with Crippen molar-refractivity contribution in [2.75, 3.05) is 19.7 Å². The molecule has 2 N–H and O–H groups in total. The fourth-order valence-corrected chi connectivity index (χ4v) is 1.95. The highest BCUT2D eigenvalue weighted by atomic mass is 16.6. The topological polar surface area (TPSA) is 51.6 Å². The van der Waals surface area contributed by atoms with Crippen LogP contribution in [0.1, 0.15) is 12.2 Å². The van der Waals surface area contributed by atoms with Gasteiger partial charge in [0, 0.05) is 6.54 Å². The van der Waals surface area contributed by atoms with Gasteiger partial charge in [-0.1, -0.05) is 0 Å². The molecule has 1 unspecified atom stereocenters. The van der Waals surface area contributed by atoms with E-state index < -0.39 is 0 Å². The Morgan fingerprint density at radius 1 is 1.64 bits per heavy atom. The zero-order valence-electron chi connectivity index (χ0n) is 8.19. The molecule has 1 atom stereocenters. The van der Waals surface area contributed by atoms with Crippen LogP contribution in [0.25, 0.3) is 0 Å². The Hall–Kier alpha value is -0.840. The van der Waals surface area contributed by atoms with Crippen molar-refractivity contribution in [2.24, 2.45) is 11.8 Å². The Bertz CT molecular complexity index is 261. The van der Waals surface area contributed by atoms with E-state index in [1.807, 2.05) is 12.1 Å². The van der Waals surface area contributed by atoms with Crippen LogP contribution in [0.4, 0.5) is 0 Å². The summed E-state index contributed by atoms with van der Waals surface area (Å²) in [5.41, 5.74) is 0. The first-order valence-corrected chi connectivity index (χ1v) is 4.95. The van der Waals surface area contributed by atoms with E-state index in [0.29, 0.717) is 12.5 Å². The molecular weight excluding hydrogens is 180 g/mol. The van der Waals surface area contributed by atoms with Gasteiger partial charge in [-0.3, -0.25) is 4.90 Å². The molecule has 1 fully saturated rings. The first-order chi connectivity index (χ1) is 6.88. The molecule has 0 spiro atoms. The van der Waals surface area contributed by atoms with Crippen LogP contribution >= 0.6 is 0 Å². The van der Waals surface area contributed by atoms with Crippen molar-refractivity contribution in [3.63, 3.8) is 0 Å². The largest absolute Gasteiger partial charge is 0.468 e. The normalized spacial score (nSPS) is 23.1. The van der Waals surface area contributed by atoms with Gasteiger partial charge in [0.1, 0.15) is 5.76 Å². The van der Waals surface area contributed by atoms with Gasteiger partial charge in [-0.15, -0.1) is 0 Å². The molecule has 0 amide bonds. The average Bonchev–Trinajstić information content (AvgIpc) is 2.79. The molecule has 2 rings (SSSR count).